The normalized spacial score (nSPS) is 16.5. The Balaban J connectivity index is 2.80. The second-order valence-electron chi connectivity index (χ2n) is 4.98. The highest BCUT2D eigenvalue weighted by Crippen LogP contribution is 2.14. The molecule has 0 aromatic rings. The minimum Gasteiger partial charge on any atom is -0.337 e. The molecule has 0 saturated heterocycles. The predicted molar refractivity (Wildman–Crippen MR) is 76.0 cm³/mol. The zero-order valence-corrected chi connectivity index (χ0v) is 11.9. The van der Waals surface area contributed by atoms with Gasteiger partial charge in [-0.1, -0.05) is 6.08 Å². The van der Waals surface area contributed by atoms with Crippen LogP contribution in [0.5, 0.6) is 0 Å². The molecule has 0 aliphatic carbocycles. The molecule has 0 bridgehead atoms. The first-order chi connectivity index (χ1) is 8.97. The second kappa shape index (κ2) is 6.87. The summed E-state index contributed by atoms with van der Waals surface area (Å²) in [5.41, 5.74) is 0.623. The molecule has 1 heterocycles. The molecule has 0 saturated carbocycles. The van der Waals surface area contributed by atoms with Crippen molar-refractivity contribution in [2.24, 2.45) is 5.18 Å². The number of amides is 1. The van der Waals surface area contributed by atoms with Crippen molar-refractivity contribution in [3.8, 4) is 0 Å². The Morgan fingerprint density at radius 1 is 1.32 bits per heavy atom. The monoisotopic (exact) mass is 263 g/mol. The van der Waals surface area contributed by atoms with Crippen LogP contribution >= 0.6 is 0 Å². The summed E-state index contributed by atoms with van der Waals surface area (Å²) in [4.78, 5) is 26.2. The van der Waals surface area contributed by atoms with Gasteiger partial charge in [0, 0.05) is 18.3 Å². The Hall–Kier alpha value is -1.91. The molecule has 0 aromatic heterocycles. The van der Waals surface area contributed by atoms with Crippen molar-refractivity contribution in [2.45, 2.75) is 39.8 Å². The number of nitrogens with zero attached hydrogens (tertiary/aromatic N) is 3. The molecule has 0 unspecified atom stereocenters. The van der Waals surface area contributed by atoms with Crippen LogP contribution in [0.3, 0.4) is 0 Å². The SMILES string of the molecule is CC(C)N(C(=O)CN1C=CC=C/C1=C\N=O)C(C)C. The minimum atomic E-state index is 0.0294. The maximum atomic E-state index is 12.3. The fourth-order valence-corrected chi connectivity index (χ4v) is 2.20. The summed E-state index contributed by atoms with van der Waals surface area (Å²) < 4.78 is 0. The molecule has 1 amide bonds. The Kier molecular flexibility index (Phi) is 5.48. The Labute approximate surface area is 114 Å². The minimum absolute atomic E-state index is 0.0294. The molecule has 0 fully saturated rings. The third-order valence-electron chi connectivity index (χ3n) is 2.87. The van der Waals surface area contributed by atoms with Crippen LogP contribution in [0.15, 0.2) is 41.5 Å². The smallest absolute Gasteiger partial charge is 0.242 e. The van der Waals surface area contributed by atoms with E-state index in [1.807, 2.05) is 38.7 Å². The van der Waals surface area contributed by atoms with E-state index in [0.717, 1.165) is 0 Å². The summed E-state index contributed by atoms with van der Waals surface area (Å²) in [6.45, 7) is 8.18. The number of hydrogen-bond donors (Lipinski definition) is 0. The Morgan fingerprint density at radius 2 is 1.95 bits per heavy atom. The van der Waals surface area contributed by atoms with Gasteiger partial charge in [0.1, 0.15) is 6.54 Å². The van der Waals surface area contributed by atoms with Gasteiger partial charge in [-0.15, -0.1) is 4.91 Å². The second-order valence-corrected chi connectivity index (χ2v) is 4.98. The first-order valence-electron chi connectivity index (χ1n) is 6.42. The summed E-state index contributed by atoms with van der Waals surface area (Å²) in [5, 5.41) is 2.77. The van der Waals surface area contributed by atoms with Crippen molar-refractivity contribution in [3.05, 3.63) is 41.2 Å². The van der Waals surface area contributed by atoms with E-state index in [1.165, 1.54) is 6.20 Å². The standard InChI is InChI=1S/C14H21N3O2/c1-11(2)17(12(3)4)14(18)10-16-8-6-5-7-13(16)9-15-19/h5-9,11-12H,10H2,1-4H3/b13-9+. The highest BCUT2D eigenvalue weighted by atomic mass is 16.2. The van der Waals surface area contributed by atoms with Gasteiger partial charge < -0.3 is 9.80 Å². The lowest BCUT2D eigenvalue weighted by atomic mass is 10.2. The molecule has 0 N–H and O–H groups in total. The van der Waals surface area contributed by atoms with Crippen LogP contribution < -0.4 is 0 Å². The van der Waals surface area contributed by atoms with Gasteiger partial charge >= 0.3 is 0 Å². The molecule has 1 rings (SSSR count). The highest BCUT2D eigenvalue weighted by molar-refractivity contribution is 5.79. The van der Waals surface area contributed by atoms with E-state index in [-0.39, 0.29) is 24.5 Å². The van der Waals surface area contributed by atoms with Crippen molar-refractivity contribution >= 4 is 5.91 Å². The van der Waals surface area contributed by atoms with Crippen molar-refractivity contribution in [3.63, 3.8) is 0 Å². The van der Waals surface area contributed by atoms with Crippen molar-refractivity contribution in [2.75, 3.05) is 6.54 Å². The van der Waals surface area contributed by atoms with Gasteiger partial charge in [0.2, 0.25) is 5.91 Å². The third kappa shape index (κ3) is 4.05. The van der Waals surface area contributed by atoms with Gasteiger partial charge in [0.15, 0.2) is 0 Å². The zero-order chi connectivity index (χ0) is 14.4. The van der Waals surface area contributed by atoms with Crippen LogP contribution in [0.4, 0.5) is 0 Å². The number of hydrogen-bond acceptors (Lipinski definition) is 4. The number of carbonyl (C=O) groups is 1. The van der Waals surface area contributed by atoms with Gasteiger partial charge in [-0.05, 0) is 45.0 Å². The summed E-state index contributed by atoms with van der Waals surface area (Å²) in [6.07, 6.45) is 8.37. The predicted octanol–water partition coefficient (Wildman–Crippen LogP) is 2.63. The molecule has 1 aliphatic heterocycles. The number of nitroso groups, excluding NO2 is 1. The third-order valence-corrected chi connectivity index (χ3v) is 2.87. The molecular formula is C14H21N3O2. The maximum absolute atomic E-state index is 12.3. The summed E-state index contributed by atoms with van der Waals surface area (Å²) in [5.74, 6) is 0.0294. The van der Waals surface area contributed by atoms with Crippen molar-refractivity contribution in [1.29, 1.82) is 0 Å². The van der Waals surface area contributed by atoms with Crippen molar-refractivity contribution < 1.29 is 4.79 Å². The largest absolute Gasteiger partial charge is 0.337 e. The van der Waals surface area contributed by atoms with Crippen LogP contribution in [0.1, 0.15) is 27.7 Å². The van der Waals surface area contributed by atoms with E-state index in [9.17, 15) is 9.70 Å². The number of allylic oxidation sites excluding steroid dienone is 3. The molecule has 0 aromatic carbocycles. The first kappa shape index (κ1) is 15.1. The van der Waals surface area contributed by atoms with E-state index < -0.39 is 0 Å². The molecule has 5 heteroatoms. The lowest BCUT2D eigenvalue weighted by Crippen LogP contribution is -2.46. The van der Waals surface area contributed by atoms with Gasteiger partial charge in [0.25, 0.3) is 0 Å². The van der Waals surface area contributed by atoms with E-state index >= 15 is 0 Å². The van der Waals surface area contributed by atoms with Gasteiger partial charge in [0.05, 0.1) is 11.9 Å². The topological polar surface area (TPSA) is 53.0 Å². The number of rotatable bonds is 5. The quantitative estimate of drug-likeness (QED) is 0.716. The maximum Gasteiger partial charge on any atom is 0.242 e. The molecule has 0 spiro atoms. The van der Waals surface area contributed by atoms with Crippen LogP contribution in [0.2, 0.25) is 0 Å². The summed E-state index contributed by atoms with van der Waals surface area (Å²) in [7, 11) is 0. The van der Waals surface area contributed by atoms with E-state index in [0.29, 0.717) is 5.70 Å². The molecule has 0 radical (unpaired) electrons. The molecule has 5 nitrogen and oxygen atoms in total. The van der Waals surface area contributed by atoms with E-state index in [4.69, 9.17) is 0 Å². The molecule has 0 atom stereocenters. The van der Waals surface area contributed by atoms with Gasteiger partial charge in [-0.3, -0.25) is 4.79 Å². The van der Waals surface area contributed by atoms with Crippen LogP contribution in [-0.2, 0) is 4.79 Å². The number of carbonyl (C=O) groups excluding carboxylic acids is 1. The molecule has 104 valence electrons. The lowest BCUT2D eigenvalue weighted by Gasteiger charge is -2.33. The lowest BCUT2D eigenvalue weighted by molar-refractivity contribution is -0.135. The average molecular weight is 263 g/mol. The summed E-state index contributed by atoms with van der Waals surface area (Å²) in [6, 6.07) is 0.293. The molecule has 1 aliphatic rings. The van der Waals surface area contributed by atoms with Crippen LogP contribution in [0.25, 0.3) is 0 Å². The van der Waals surface area contributed by atoms with Crippen LogP contribution in [0, 0.1) is 4.91 Å². The Morgan fingerprint density at radius 3 is 2.47 bits per heavy atom. The first-order valence-corrected chi connectivity index (χ1v) is 6.42. The highest BCUT2D eigenvalue weighted by Gasteiger charge is 2.22. The Bertz CT molecular complexity index is 414. The fourth-order valence-electron chi connectivity index (χ4n) is 2.20. The fraction of sp³-hybridized carbons (Fsp3) is 0.500. The van der Waals surface area contributed by atoms with Gasteiger partial charge in [-0.25, -0.2) is 0 Å². The molecule has 19 heavy (non-hydrogen) atoms. The van der Waals surface area contributed by atoms with E-state index in [1.54, 1.807) is 23.3 Å². The molecular weight excluding hydrogens is 242 g/mol. The zero-order valence-electron chi connectivity index (χ0n) is 11.9. The van der Waals surface area contributed by atoms with Crippen molar-refractivity contribution in [1.82, 2.24) is 9.80 Å². The van der Waals surface area contributed by atoms with E-state index in [2.05, 4.69) is 5.18 Å². The van der Waals surface area contributed by atoms with Crippen LogP contribution in [-0.4, -0.2) is 34.3 Å². The van der Waals surface area contributed by atoms with Gasteiger partial charge in [-0.2, -0.15) is 0 Å². The average Bonchev–Trinajstić information content (AvgIpc) is 2.30. The summed E-state index contributed by atoms with van der Waals surface area (Å²) >= 11 is 0.